The molecule has 1 fully saturated rings. The predicted octanol–water partition coefficient (Wildman–Crippen LogP) is 4.84. The summed E-state index contributed by atoms with van der Waals surface area (Å²) in [5, 5.41) is 4.60. The van der Waals surface area contributed by atoms with Crippen molar-refractivity contribution in [3.05, 3.63) is 60.4 Å². The second-order valence-electron chi connectivity index (χ2n) is 8.36. The first-order chi connectivity index (χ1) is 14.8. The summed E-state index contributed by atoms with van der Waals surface area (Å²) < 4.78 is 13.7. The molecule has 0 radical (unpaired) electrons. The van der Waals surface area contributed by atoms with Crippen LogP contribution in [0.25, 0.3) is 22.2 Å². The Morgan fingerprint density at radius 2 is 2.00 bits per heavy atom. The van der Waals surface area contributed by atoms with Crippen molar-refractivity contribution in [3.8, 4) is 16.9 Å². The molecule has 3 heterocycles. The van der Waals surface area contributed by atoms with Crippen LogP contribution in [-0.4, -0.2) is 35.0 Å². The van der Waals surface area contributed by atoms with Crippen LogP contribution >= 0.6 is 0 Å². The molecule has 2 N–H and O–H groups in total. The molecule has 2 atom stereocenters. The number of rotatable bonds is 5. The van der Waals surface area contributed by atoms with Gasteiger partial charge >= 0.3 is 0 Å². The van der Waals surface area contributed by atoms with Crippen LogP contribution in [0.4, 0.5) is 0 Å². The molecule has 2 aromatic heterocycles. The van der Waals surface area contributed by atoms with Crippen LogP contribution in [0.2, 0.25) is 0 Å². The second-order valence-corrected chi connectivity index (χ2v) is 8.36. The van der Waals surface area contributed by atoms with Crippen molar-refractivity contribution in [1.29, 1.82) is 0 Å². The summed E-state index contributed by atoms with van der Waals surface area (Å²) in [5.41, 5.74) is 12.2. The fourth-order valence-corrected chi connectivity index (χ4v) is 4.47. The van der Waals surface area contributed by atoms with Gasteiger partial charge in [-0.1, -0.05) is 24.3 Å². The molecular formula is C25H29N3O2. The van der Waals surface area contributed by atoms with Crippen molar-refractivity contribution in [3.63, 3.8) is 0 Å². The summed E-state index contributed by atoms with van der Waals surface area (Å²) in [4.78, 5) is 0. The quantitative estimate of drug-likeness (QED) is 0.662. The number of pyridine rings is 1. The molecule has 0 amide bonds. The Labute approximate surface area is 177 Å². The van der Waals surface area contributed by atoms with E-state index in [1.807, 2.05) is 29.0 Å². The number of nitrogens with zero attached hydrogens (tertiary/aromatic N) is 2. The molecule has 1 saturated heterocycles. The molecule has 2 aliphatic rings. The highest BCUT2D eigenvalue weighted by molar-refractivity contribution is 5.90. The molecule has 5 rings (SSSR count). The van der Waals surface area contributed by atoms with Gasteiger partial charge in [-0.15, -0.1) is 0 Å². The summed E-state index contributed by atoms with van der Waals surface area (Å²) in [5.74, 6) is 0.883. The van der Waals surface area contributed by atoms with Gasteiger partial charge in [0.1, 0.15) is 12.4 Å². The molecule has 0 saturated carbocycles. The van der Waals surface area contributed by atoms with Gasteiger partial charge in [0.05, 0.1) is 17.8 Å². The van der Waals surface area contributed by atoms with Crippen LogP contribution in [0.15, 0.2) is 54.9 Å². The van der Waals surface area contributed by atoms with E-state index in [9.17, 15) is 0 Å². The minimum Gasteiger partial charge on any atom is -0.491 e. The van der Waals surface area contributed by atoms with E-state index in [4.69, 9.17) is 15.2 Å². The highest BCUT2D eigenvalue weighted by atomic mass is 16.5. The van der Waals surface area contributed by atoms with Crippen molar-refractivity contribution in [2.24, 2.45) is 5.73 Å². The molecule has 5 heteroatoms. The second kappa shape index (κ2) is 8.62. The van der Waals surface area contributed by atoms with Crippen LogP contribution in [0, 0.1) is 0 Å². The largest absolute Gasteiger partial charge is 0.491 e. The molecule has 2 unspecified atom stereocenters. The van der Waals surface area contributed by atoms with E-state index in [0.29, 0.717) is 6.61 Å². The van der Waals surface area contributed by atoms with E-state index in [1.165, 1.54) is 17.6 Å². The number of allylic oxidation sites excluding steroid dienone is 1. The van der Waals surface area contributed by atoms with Gasteiger partial charge in [0.15, 0.2) is 0 Å². The average molecular weight is 404 g/mol. The Kier molecular flexibility index (Phi) is 5.56. The first-order valence-electron chi connectivity index (χ1n) is 11.0. The van der Waals surface area contributed by atoms with Crippen LogP contribution in [-0.2, 0) is 4.74 Å². The van der Waals surface area contributed by atoms with Crippen molar-refractivity contribution in [1.82, 2.24) is 9.61 Å². The summed E-state index contributed by atoms with van der Waals surface area (Å²) in [7, 11) is 0. The van der Waals surface area contributed by atoms with Crippen molar-refractivity contribution in [2.45, 2.75) is 50.7 Å². The average Bonchev–Trinajstić information content (AvgIpc) is 3.24. The maximum atomic E-state index is 6.09. The van der Waals surface area contributed by atoms with Crippen LogP contribution in [0.3, 0.4) is 0 Å². The lowest BCUT2D eigenvalue weighted by atomic mass is 9.90. The van der Waals surface area contributed by atoms with Crippen molar-refractivity contribution >= 4 is 11.1 Å². The van der Waals surface area contributed by atoms with E-state index >= 15 is 0 Å². The maximum absolute atomic E-state index is 6.09. The number of benzene rings is 1. The Hall–Kier alpha value is -2.63. The van der Waals surface area contributed by atoms with E-state index < -0.39 is 0 Å². The zero-order valence-corrected chi connectivity index (χ0v) is 17.3. The predicted molar refractivity (Wildman–Crippen MR) is 120 cm³/mol. The van der Waals surface area contributed by atoms with E-state index in [2.05, 4.69) is 35.4 Å². The van der Waals surface area contributed by atoms with Gasteiger partial charge in [0.2, 0.25) is 0 Å². The summed E-state index contributed by atoms with van der Waals surface area (Å²) >= 11 is 0. The molecule has 156 valence electrons. The summed E-state index contributed by atoms with van der Waals surface area (Å²) in [6.07, 6.45) is 13.0. The van der Waals surface area contributed by atoms with Gasteiger partial charge in [0, 0.05) is 30.0 Å². The van der Waals surface area contributed by atoms with Gasteiger partial charge in [-0.3, -0.25) is 0 Å². The fourth-order valence-electron chi connectivity index (χ4n) is 4.47. The lowest BCUT2D eigenvalue weighted by Crippen LogP contribution is -2.25. The molecule has 1 aromatic carbocycles. The standard InChI is InChI=1S/C25H29N3O2/c26-20-10-6-18(7-11-20)23-5-3-14-28-25(23)24(16-27-28)19-8-12-21(13-9-19)30-17-22-4-1-2-15-29-22/h3,5-6,8-9,12-14,16,20,22H,1-2,4,7,10-11,15,17,26H2. The van der Waals surface area contributed by atoms with Gasteiger partial charge in [0.25, 0.3) is 0 Å². The monoisotopic (exact) mass is 403 g/mol. The third kappa shape index (κ3) is 4.00. The molecule has 5 nitrogen and oxygen atoms in total. The van der Waals surface area contributed by atoms with Crippen LogP contribution in [0.1, 0.15) is 44.1 Å². The molecule has 1 aliphatic carbocycles. The van der Waals surface area contributed by atoms with Crippen molar-refractivity contribution in [2.75, 3.05) is 13.2 Å². The Balaban J connectivity index is 1.39. The number of hydrogen-bond donors (Lipinski definition) is 1. The third-order valence-electron chi connectivity index (χ3n) is 6.21. The zero-order valence-electron chi connectivity index (χ0n) is 17.3. The molecular weight excluding hydrogens is 374 g/mol. The Morgan fingerprint density at radius 1 is 1.10 bits per heavy atom. The summed E-state index contributed by atoms with van der Waals surface area (Å²) in [6.45, 7) is 1.48. The topological polar surface area (TPSA) is 61.8 Å². The van der Waals surface area contributed by atoms with Gasteiger partial charge in [-0.2, -0.15) is 5.10 Å². The highest BCUT2D eigenvalue weighted by Gasteiger charge is 2.18. The normalized spacial score (nSPS) is 22.1. The van der Waals surface area contributed by atoms with Gasteiger partial charge in [-0.25, -0.2) is 4.52 Å². The molecule has 1 aliphatic heterocycles. The minimum atomic E-state index is 0.220. The SMILES string of the molecule is NC1CC=C(c2cccn3ncc(-c4ccc(OCC5CCCCO5)cc4)c23)CC1. The summed E-state index contributed by atoms with van der Waals surface area (Å²) in [6, 6.07) is 12.9. The lowest BCUT2D eigenvalue weighted by molar-refractivity contribution is -0.0110. The van der Waals surface area contributed by atoms with E-state index in [-0.39, 0.29) is 12.1 Å². The number of ether oxygens (including phenoxy) is 2. The first-order valence-corrected chi connectivity index (χ1v) is 11.0. The number of aromatic nitrogens is 2. The van der Waals surface area contributed by atoms with Gasteiger partial charge < -0.3 is 15.2 Å². The van der Waals surface area contributed by atoms with E-state index in [0.717, 1.165) is 61.1 Å². The number of hydrogen-bond acceptors (Lipinski definition) is 4. The molecule has 0 spiro atoms. The maximum Gasteiger partial charge on any atom is 0.119 e. The Bertz CT molecular complexity index is 1030. The zero-order chi connectivity index (χ0) is 20.3. The highest BCUT2D eigenvalue weighted by Crippen LogP contribution is 2.34. The fraction of sp³-hybridized carbons (Fsp3) is 0.400. The van der Waals surface area contributed by atoms with Crippen LogP contribution in [0.5, 0.6) is 5.75 Å². The lowest BCUT2D eigenvalue weighted by Gasteiger charge is -2.22. The smallest absolute Gasteiger partial charge is 0.119 e. The van der Waals surface area contributed by atoms with Crippen molar-refractivity contribution < 1.29 is 9.47 Å². The number of fused-ring (bicyclic) bond motifs is 1. The minimum absolute atomic E-state index is 0.220. The molecule has 30 heavy (non-hydrogen) atoms. The third-order valence-corrected chi connectivity index (χ3v) is 6.21. The number of nitrogens with two attached hydrogens (primary N) is 1. The molecule has 3 aromatic rings. The Morgan fingerprint density at radius 3 is 2.77 bits per heavy atom. The molecule has 0 bridgehead atoms. The van der Waals surface area contributed by atoms with Gasteiger partial charge in [-0.05, 0) is 67.9 Å². The van der Waals surface area contributed by atoms with Crippen LogP contribution < -0.4 is 10.5 Å². The first kappa shape index (κ1) is 19.3. The van der Waals surface area contributed by atoms with E-state index in [1.54, 1.807) is 0 Å².